The molecule has 0 saturated heterocycles. The van der Waals surface area contributed by atoms with Crippen LogP contribution in [0.1, 0.15) is 34.6 Å². The zero-order chi connectivity index (χ0) is 21.8. The second kappa shape index (κ2) is 8.91. The molecule has 0 bridgehead atoms. The lowest BCUT2D eigenvalue weighted by molar-refractivity contribution is -0.116. The van der Waals surface area contributed by atoms with Gasteiger partial charge >= 0.3 is 0 Å². The van der Waals surface area contributed by atoms with Gasteiger partial charge in [-0.05, 0) is 62.6 Å². The molecular formula is C23H24N6O2. The molecule has 158 valence electrons. The van der Waals surface area contributed by atoms with Crippen molar-refractivity contribution in [2.75, 3.05) is 5.32 Å². The molecule has 0 atom stereocenters. The Labute approximate surface area is 180 Å². The first kappa shape index (κ1) is 20.5. The minimum atomic E-state index is -0.136. The Morgan fingerprint density at radius 2 is 1.94 bits per heavy atom. The number of carbonyl (C=O) groups is 1. The summed E-state index contributed by atoms with van der Waals surface area (Å²) < 4.78 is 7.68. The van der Waals surface area contributed by atoms with E-state index in [1.165, 1.54) is 0 Å². The summed E-state index contributed by atoms with van der Waals surface area (Å²) in [5, 5.41) is 7.36. The first-order valence-electron chi connectivity index (χ1n) is 10.1. The van der Waals surface area contributed by atoms with E-state index in [0.29, 0.717) is 31.0 Å². The van der Waals surface area contributed by atoms with Crippen LogP contribution in [-0.4, -0.2) is 30.5 Å². The third-order valence-corrected chi connectivity index (χ3v) is 5.06. The van der Waals surface area contributed by atoms with Gasteiger partial charge in [-0.3, -0.25) is 9.78 Å². The molecule has 0 aliphatic rings. The van der Waals surface area contributed by atoms with Gasteiger partial charge < -0.3 is 10.1 Å². The summed E-state index contributed by atoms with van der Waals surface area (Å²) >= 11 is 0. The first-order chi connectivity index (χ1) is 15.0. The molecule has 31 heavy (non-hydrogen) atoms. The Bertz CT molecular complexity index is 1220. The molecule has 4 rings (SSSR count). The molecule has 0 fully saturated rings. The Morgan fingerprint density at radius 3 is 2.74 bits per heavy atom. The summed E-state index contributed by atoms with van der Waals surface area (Å²) in [6.07, 6.45) is 5.92. The standard InChI is InChI=1S/C23H24N6O2/c1-15-13-21-26-16(2)19(17(3)29(21)28-15)6-7-22(30)27-23-20(5-4-10-25-23)31-14-18-8-11-24-12-9-18/h4-5,8-13H,6-7,14H2,1-3H3,(H,25,27,30). The fourth-order valence-electron chi connectivity index (χ4n) is 3.48. The van der Waals surface area contributed by atoms with E-state index in [0.717, 1.165) is 33.9 Å². The van der Waals surface area contributed by atoms with Crippen molar-refractivity contribution >= 4 is 17.4 Å². The van der Waals surface area contributed by atoms with Crippen LogP contribution in [0.25, 0.3) is 5.65 Å². The number of nitrogens with zero attached hydrogens (tertiary/aromatic N) is 5. The van der Waals surface area contributed by atoms with Crippen LogP contribution in [0.3, 0.4) is 0 Å². The fourth-order valence-corrected chi connectivity index (χ4v) is 3.48. The van der Waals surface area contributed by atoms with Crippen molar-refractivity contribution in [3.8, 4) is 5.75 Å². The number of carbonyl (C=O) groups excluding carboxylic acids is 1. The molecule has 0 saturated carbocycles. The lowest BCUT2D eigenvalue weighted by Gasteiger charge is -2.13. The maximum atomic E-state index is 12.6. The number of amides is 1. The number of hydrogen-bond donors (Lipinski definition) is 1. The molecule has 1 N–H and O–H groups in total. The lowest BCUT2D eigenvalue weighted by Crippen LogP contribution is -2.16. The second-order valence-electron chi connectivity index (χ2n) is 7.36. The van der Waals surface area contributed by atoms with Crippen molar-refractivity contribution in [3.63, 3.8) is 0 Å². The van der Waals surface area contributed by atoms with Gasteiger partial charge in [0.2, 0.25) is 5.91 Å². The van der Waals surface area contributed by atoms with E-state index in [-0.39, 0.29) is 5.91 Å². The molecule has 4 heterocycles. The van der Waals surface area contributed by atoms with Crippen LogP contribution in [0, 0.1) is 20.8 Å². The number of fused-ring (bicyclic) bond motifs is 1. The van der Waals surface area contributed by atoms with Crippen LogP contribution in [0.4, 0.5) is 5.82 Å². The highest BCUT2D eigenvalue weighted by molar-refractivity contribution is 5.91. The summed E-state index contributed by atoms with van der Waals surface area (Å²) in [6.45, 7) is 6.28. The predicted octanol–water partition coefficient (Wildman–Crippen LogP) is 3.59. The van der Waals surface area contributed by atoms with Crippen LogP contribution in [0.15, 0.2) is 48.9 Å². The van der Waals surface area contributed by atoms with Crippen molar-refractivity contribution in [3.05, 3.63) is 77.1 Å². The number of aromatic nitrogens is 5. The zero-order valence-electron chi connectivity index (χ0n) is 17.8. The maximum absolute atomic E-state index is 12.6. The number of ether oxygens (including phenoxy) is 1. The van der Waals surface area contributed by atoms with Gasteiger partial charge in [0.15, 0.2) is 17.2 Å². The minimum absolute atomic E-state index is 0.136. The molecule has 0 spiro atoms. The number of nitrogens with one attached hydrogen (secondary N) is 1. The molecule has 0 aliphatic carbocycles. The minimum Gasteiger partial charge on any atom is -0.485 e. The van der Waals surface area contributed by atoms with E-state index in [4.69, 9.17) is 4.74 Å². The summed E-state index contributed by atoms with van der Waals surface area (Å²) in [5.74, 6) is 0.796. The smallest absolute Gasteiger partial charge is 0.225 e. The largest absolute Gasteiger partial charge is 0.485 e. The molecule has 8 nitrogen and oxygen atoms in total. The normalized spacial score (nSPS) is 10.9. The molecule has 0 aromatic carbocycles. The highest BCUT2D eigenvalue weighted by Gasteiger charge is 2.14. The molecule has 0 aliphatic heterocycles. The first-order valence-corrected chi connectivity index (χ1v) is 10.1. The highest BCUT2D eigenvalue weighted by atomic mass is 16.5. The van der Waals surface area contributed by atoms with Gasteiger partial charge in [-0.25, -0.2) is 14.5 Å². The number of hydrogen-bond acceptors (Lipinski definition) is 6. The predicted molar refractivity (Wildman–Crippen MR) is 117 cm³/mol. The summed E-state index contributed by atoms with van der Waals surface area (Å²) in [7, 11) is 0. The van der Waals surface area contributed by atoms with Gasteiger partial charge in [0.1, 0.15) is 6.61 Å². The van der Waals surface area contributed by atoms with Crippen LogP contribution in [-0.2, 0) is 17.8 Å². The summed E-state index contributed by atoms with van der Waals surface area (Å²) in [4.78, 5) is 25.5. The van der Waals surface area contributed by atoms with Gasteiger partial charge in [-0.15, -0.1) is 0 Å². The van der Waals surface area contributed by atoms with E-state index in [2.05, 4.69) is 25.4 Å². The topological polar surface area (TPSA) is 94.3 Å². The number of anilines is 1. The Hall–Kier alpha value is -3.81. The van der Waals surface area contributed by atoms with Crippen LogP contribution >= 0.6 is 0 Å². The third-order valence-electron chi connectivity index (χ3n) is 5.06. The summed E-state index contributed by atoms with van der Waals surface area (Å²) in [5.41, 5.74) is 5.67. The van der Waals surface area contributed by atoms with E-state index >= 15 is 0 Å². The van der Waals surface area contributed by atoms with Gasteiger partial charge in [0.05, 0.1) is 5.69 Å². The van der Waals surface area contributed by atoms with Crippen LogP contribution in [0.2, 0.25) is 0 Å². The molecule has 4 aromatic rings. The van der Waals surface area contributed by atoms with E-state index in [9.17, 15) is 4.79 Å². The average Bonchev–Trinajstić information content (AvgIpc) is 3.14. The van der Waals surface area contributed by atoms with Crippen LogP contribution < -0.4 is 10.1 Å². The number of aryl methyl sites for hydroxylation is 3. The lowest BCUT2D eigenvalue weighted by atomic mass is 10.1. The molecular weight excluding hydrogens is 392 g/mol. The van der Waals surface area contributed by atoms with Crippen molar-refractivity contribution in [1.29, 1.82) is 0 Å². The zero-order valence-corrected chi connectivity index (χ0v) is 17.8. The quantitative estimate of drug-likeness (QED) is 0.495. The van der Waals surface area contributed by atoms with Crippen molar-refractivity contribution < 1.29 is 9.53 Å². The highest BCUT2D eigenvalue weighted by Crippen LogP contribution is 2.23. The van der Waals surface area contributed by atoms with Crippen molar-refractivity contribution in [2.24, 2.45) is 0 Å². The maximum Gasteiger partial charge on any atom is 0.225 e. The van der Waals surface area contributed by atoms with Crippen molar-refractivity contribution in [1.82, 2.24) is 24.6 Å². The third kappa shape index (κ3) is 4.69. The molecule has 0 unspecified atom stereocenters. The number of rotatable bonds is 7. The van der Waals surface area contributed by atoms with Gasteiger partial charge in [0.25, 0.3) is 0 Å². The van der Waals surface area contributed by atoms with E-state index < -0.39 is 0 Å². The van der Waals surface area contributed by atoms with Gasteiger partial charge in [-0.1, -0.05) is 0 Å². The van der Waals surface area contributed by atoms with Gasteiger partial charge in [-0.2, -0.15) is 5.10 Å². The number of pyridine rings is 2. The SMILES string of the molecule is Cc1cc2nc(C)c(CCC(=O)Nc3ncccc3OCc3ccncc3)c(C)n2n1. The molecule has 1 amide bonds. The monoisotopic (exact) mass is 416 g/mol. The van der Waals surface area contributed by atoms with E-state index in [1.54, 1.807) is 30.7 Å². The Morgan fingerprint density at radius 1 is 1.13 bits per heavy atom. The molecule has 4 aromatic heterocycles. The fraction of sp³-hybridized carbons (Fsp3) is 0.261. The van der Waals surface area contributed by atoms with Crippen LogP contribution in [0.5, 0.6) is 5.75 Å². The van der Waals surface area contributed by atoms with Crippen molar-refractivity contribution in [2.45, 2.75) is 40.2 Å². The second-order valence-corrected chi connectivity index (χ2v) is 7.36. The average molecular weight is 416 g/mol. The Kier molecular flexibility index (Phi) is 5.88. The van der Waals surface area contributed by atoms with E-state index in [1.807, 2.05) is 43.5 Å². The van der Waals surface area contributed by atoms with Gasteiger partial charge in [0, 0.05) is 42.5 Å². The molecule has 8 heteroatoms. The molecule has 0 radical (unpaired) electrons. The summed E-state index contributed by atoms with van der Waals surface area (Å²) in [6, 6.07) is 9.27. The Balaban J connectivity index is 1.42.